The number of rotatable bonds is 0. The van der Waals surface area contributed by atoms with Gasteiger partial charge in [-0.3, -0.25) is 0 Å². The molecule has 0 fully saturated rings. The Kier molecular flexibility index (Phi) is 2.30. The van der Waals surface area contributed by atoms with E-state index in [0.717, 1.165) is 28.9 Å². The van der Waals surface area contributed by atoms with Crippen LogP contribution in [-0.2, 0) is 16.9 Å². The summed E-state index contributed by atoms with van der Waals surface area (Å²) in [6, 6.07) is 15.2. The summed E-state index contributed by atoms with van der Waals surface area (Å²) in [6.07, 6.45) is 0.778. The monoisotopic (exact) mass is 244 g/mol. The van der Waals surface area contributed by atoms with E-state index in [9.17, 15) is 8.42 Å². The Labute approximate surface area is 101 Å². The standard InChI is InChI=1S/C13H10NO2S/c15-17(16)14-12-7-3-1-5-10(12)9-11-6-2-4-8-13(11)14/h1-8H,9H2/q+1. The second-order valence-electron chi connectivity index (χ2n) is 3.95. The number of hydrogen-bond acceptors (Lipinski definition) is 2. The van der Waals surface area contributed by atoms with Gasteiger partial charge < -0.3 is 0 Å². The van der Waals surface area contributed by atoms with Crippen LogP contribution in [-0.4, -0.2) is 8.42 Å². The first-order valence-corrected chi connectivity index (χ1v) is 6.36. The molecule has 3 rings (SSSR count). The molecular weight excluding hydrogens is 234 g/mol. The Balaban J connectivity index is 2.41. The van der Waals surface area contributed by atoms with Crippen molar-refractivity contribution in [3.8, 4) is 0 Å². The lowest BCUT2D eigenvalue weighted by Crippen LogP contribution is -2.12. The largest absolute Gasteiger partial charge is 0.471 e. The number of benzene rings is 2. The predicted octanol–water partition coefficient (Wildman–Crippen LogP) is 2.49. The van der Waals surface area contributed by atoms with Crippen LogP contribution in [0.5, 0.6) is 0 Å². The molecule has 0 radical (unpaired) electrons. The fourth-order valence-electron chi connectivity index (χ4n) is 2.21. The maximum absolute atomic E-state index is 11.4. The first-order chi connectivity index (χ1) is 8.27. The molecule has 0 saturated carbocycles. The van der Waals surface area contributed by atoms with Crippen molar-refractivity contribution < 1.29 is 8.42 Å². The van der Waals surface area contributed by atoms with Crippen molar-refractivity contribution >= 4 is 21.9 Å². The zero-order valence-corrected chi connectivity index (χ0v) is 9.81. The van der Waals surface area contributed by atoms with E-state index in [1.54, 1.807) is 0 Å². The lowest BCUT2D eigenvalue weighted by atomic mass is 9.98. The molecule has 0 unspecified atom stereocenters. The summed E-state index contributed by atoms with van der Waals surface area (Å²) in [4.78, 5) is 0. The minimum Gasteiger partial charge on any atom is -0.122 e. The lowest BCUT2D eigenvalue weighted by molar-refractivity contribution is 0.615. The maximum Gasteiger partial charge on any atom is 0.471 e. The quantitative estimate of drug-likeness (QED) is 0.570. The van der Waals surface area contributed by atoms with Gasteiger partial charge in [0.1, 0.15) is 0 Å². The van der Waals surface area contributed by atoms with Crippen molar-refractivity contribution in [3.63, 3.8) is 0 Å². The predicted molar refractivity (Wildman–Crippen MR) is 66.1 cm³/mol. The van der Waals surface area contributed by atoms with E-state index >= 15 is 0 Å². The van der Waals surface area contributed by atoms with Crippen molar-refractivity contribution in [3.05, 3.63) is 59.7 Å². The van der Waals surface area contributed by atoms with Gasteiger partial charge in [0.2, 0.25) is 11.4 Å². The van der Waals surface area contributed by atoms with E-state index in [2.05, 4.69) is 0 Å². The molecule has 2 aromatic carbocycles. The van der Waals surface area contributed by atoms with Gasteiger partial charge in [0, 0.05) is 29.7 Å². The van der Waals surface area contributed by atoms with Crippen LogP contribution in [0.2, 0.25) is 0 Å². The van der Waals surface area contributed by atoms with Crippen LogP contribution < -0.4 is 3.95 Å². The molecular formula is C13H10NO2S+. The molecule has 3 nitrogen and oxygen atoms in total. The van der Waals surface area contributed by atoms with Gasteiger partial charge in [0.05, 0.1) is 0 Å². The first kappa shape index (κ1) is 10.2. The van der Waals surface area contributed by atoms with Gasteiger partial charge in [-0.25, -0.2) is 0 Å². The third-order valence-corrected chi connectivity index (χ3v) is 3.64. The van der Waals surface area contributed by atoms with Crippen molar-refractivity contribution in [2.75, 3.05) is 0 Å². The van der Waals surface area contributed by atoms with Gasteiger partial charge in [-0.1, -0.05) is 36.4 Å². The van der Waals surface area contributed by atoms with Crippen LogP contribution in [0.15, 0.2) is 48.5 Å². The minimum absolute atomic E-state index is 0.750. The Morgan fingerprint density at radius 2 is 1.29 bits per heavy atom. The van der Waals surface area contributed by atoms with Crippen molar-refractivity contribution in [1.29, 1.82) is 0 Å². The van der Waals surface area contributed by atoms with Crippen molar-refractivity contribution in [1.82, 2.24) is 3.95 Å². The second-order valence-corrected chi connectivity index (χ2v) is 4.75. The number of para-hydroxylation sites is 2. The van der Waals surface area contributed by atoms with E-state index in [-0.39, 0.29) is 0 Å². The molecule has 0 atom stereocenters. The summed E-state index contributed by atoms with van der Waals surface area (Å²) >= 11 is 0. The Morgan fingerprint density at radius 1 is 0.824 bits per heavy atom. The van der Waals surface area contributed by atoms with E-state index in [0.29, 0.717) is 0 Å². The molecule has 0 aromatic heterocycles. The number of hydrogen-bond donors (Lipinski definition) is 0. The van der Waals surface area contributed by atoms with Crippen LogP contribution in [0.4, 0.5) is 11.4 Å². The highest BCUT2D eigenvalue weighted by Crippen LogP contribution is 2.34. The SMILES string of the molecule is O=S(=O)=[N+]1c2ccccc2Cc2ccccc21. The third kappa shape index (κ3) is 1.57. The highest BCUT2D eigenvalue weighted by atomic mass is 32.2. The molecule has 0 bridgehead atoms. The molecule has 84 valence electrons. The summed E-state index contributed by atoms with van der Waals surface area (Å²) in [5.41, 5.74) is 3.57. The highest BCUT2D eigenvalue weighted by molar-refractivity contribution is 7.61. The molecule has 1 heterocycles. The van der Waals surface area contributed by atoms with Gasteiger partial charge in [0.25, 0.3) is 0 Å². The molecule has 4 heteroatoms. The minimum atomic E-state index is -2.29. The molecule has 1 aliphatic rings. The highest BCUT2D eigenvalue weighted by Gasteiger charge is 2.29. The molecule has 2 aromatic rings. The topological polar surface area (TPSA) is 37.1 Å². The number of fused-ring (bicyclic) bond motifs is 2. The summed E-state index contributed by atoms with van der Waals surface area (Å²) in [6.45, 7) is 0. The smallest absolute Gasteiger partial charge is 0.122 e. The molecule has 0 N–H and O–H groups in total. The molecule has 1 aliphatic heterocycles. The molecule has 0 aliphatic carbocycles. The van der Waals surface area contributed by atoms with Crippen LogP contribution in [0.25, 0.3) is 0 Å². The fraction of sp³-hybridized carbons (Fsp3) is 0.0769. The van der Waals surface area contributed by atoms with Crippen LogP contribution in [0, 0.1) is 0 Å². The normalized spacial score (nSPS) is 12.8. The maximum atomic E-state index is 11.4. The lowest BCUT2D eigenvalue weighted by Gasteiger charge is -2.12. The zero-order valence-electron chi connectivity index (χ0n) is 9.00. The molecule has 0 saturated heterocycles. The van der Waals surface area contributed by atoms with E-state index in [1.165, 1.54) is 3.95 Å². The molecule has 0 amide bonds. The third-order valence-electron chi connectivity index (χ3n) is 2.95. The van der Waals surface area contributed by atoms with Gasteiger partial charge in [-0.15, -0.1) is 8.42 Å². The fourth-order valence-corrected chi connectivity index (χ4v) is 2.89. The summed E-state index contributed by atoms with van der Waals surface area (Å²) in [5, 5.41) is 0. The Bertz CT molecular complexity index is 677. The summed E-state index contributed by atoms with van der Waals surface area (Å²) in [7, 11) is -2.29. The van der Waals surface area contributed by atoms with Crippen molar-refractivity contribution in [2.24, 2.45) is 0 Å². The second kappa shape index (κ2) is 3.82. The zero-order chi connectivity index (χ0) is 11.8. The van der Waals surface area contributed by atoms with Gasteiger partial charge in [-0.2, -0.15) is 0 Å². The van der Waals surface area contributed by atoms with Crippen molar-refractivity contribution in [2.45, 2.75) is 6.42 Å². The average Bonchev–Trinajstić information content (AvgIpc) is 2.35. The summed E-state index contributed by atoms with van der Waals surface area (Å²) < 4.78 is 24.2. The van der Waals surface area contributed by atoms with Gasteiger partial charge in [0.15, 0.2) is 0 Å². The van der Waals surface area contributed by atoms with Crippen LogP contribution in [0.1, 0.15) is 11.1 Å². The Hall–Kier alpha value is -1.94. The Morgan fingerprint density at radius 3 is 1.76 bits per heavy atom. The van der Waals surface area contributed by atoms with E-state index < -0.39 is 10.5 Å². The molecule has 17 heavy (non-hydrogen) atoms. The van der Waals surface area contributed by atoms with E-state index in [1.807, 2.05) is 48.5 Å². The van der Waals surface area contributed by atoms with Gasteiger partial charge in [-0.05, 0) is 3.95 Å². The average molecular weight is 244 g/mol. The summed E-state index contributed by atoms with van der Waals surface area (Å²) in [5.74, 6) is 0. The van der Waals surface area contributed by atoms with Crippen LogP contribution >= 0.6 is 0 Å². The van der Waals surface area contributed by atoms with E-state index in [4.69, 9.17) is 0 Å². The molecule has 0 spiro atoms. The first-order valence-electron chi connectivity index (χ1n) is 5.32. The number of nitrogens with zero attached hydrogens (tertiary/aromatic N) is 1. The van der Waals surface area contributed by atoms with Gasteiger partial charge >= 0.3 is 10.5 Å². The van der Waals surface area contributed by atoms with Crippen LogP contribution in [0.3, 0.4) is 0 Å².